The average Bonchev–Trinajstić information content (AvgIpc) is 2.92. The number of non-ortho nitro benzene ring substituents is 1. The van der Waals surface area contributed by atoms with Crippen molar-refractivity contribution in [2.24, 2.45) is 0 Å². The Bertz CT molecular complexity index is 588. The summed E-state index contributed by atoms with van der Waals surface area (Å²) in [5, 5.41) is 23.7. The Kier molecular flexibility index (Phi) is 5.11. The van der Waals surface area contributed by atoms with Crippen LogP contribution in [0.4, 0.5) is 5.69 Å². The zero-order valence-electron chi connectivity index (χ0n) is 13.2. The van der Waals surface area contributed by atoms with Crippen LogP contribution in [-0.4, -0.2) is 26.7 Å². The van der Waals surface area contributed by atoms with Crippen LogP contribution in [0.25, 0.3) is 0 Å². The van der Waals surface area contributed by atoms with Crippen LogP contribution in [0, 0.1) is 15.3 Å². The molecule has 0 atom stereocenters. The molecule has 5 nitrogen and oxygen atoms in total. The van der Waals surface area contributed by atoms with Gasteiger partial charge < -0.3 is 5.21 Å². The fourth-order valence-electron chi connectivity index (χ4n) is 2.36. The third-order valence-electron chi connectivity index (χ3n) is 3.72. The lowest BCUT2D eigenvalue weighted by molar-refractivity contribution is -0.530. The number of nitro groups is 1. The zero-order chi connectivity index (χ0) is 16.3. The maximum atomic E-state index is 12.2. The lowest BCUT2D eigenvalue weighted by Gasteiger charge is -2.19. The molecule has 2 rings (SSSR count). The van der Waals surface area contributed by atoms with Crippen molar-refractivity contribution in [3.05, 3.63) is 39.1 Å². The second-order valence-corrected chi connectivity index (χ2v) is 7.97. The smallest absolute Gasteiger partial charge is 0.270 e. The molecule has 1 saturated carbocycles. The molecule has 0 aliphatic heterocycles. The van der Waals surface area contributed by atoms with Crippen molar-refractivity contribution in [2.75, 3.05) is 0 Å². The number of benzene rings is 1. The number of hydroxylamine groups is 1. The molecule has 22 heavy (non-hydrogen) atoms. The Morgan fingerprint density at radius 3 is 2.41 bits per heavy atom. The number of hydrogen-bond donors (Lipinski definition) is 0. The molecule has 0 unspecified atom stereocenters. The van der Waals surface area contributed by atoms with Crippen molar-refractivity contribution in [3.63, 3.8) is 0 Å². The highest BCUT2D eigenvalue weighted by molar-refractivity contribution is 8.00. The van der Waals surface area contributed by atoms with Crippen LogP contribution in [0.1, 0.15) is 52.0 Å². The molecule has 0 amide bonds. The summed E-state index contributed by atoms with van der Waals surface area (Å²) in [7, 11) is 0. The summed E-state index contributed by atoms with van der Waals surface area (Å²) in [6, 6.07) is 4.78. The van der Waals surface area contributed by atoms with Crippen LogP contribution in [0.15, 0.2) is 23.1 Å². The predicted octanol–water partition coefficient (Wildman–Crippen LogP) is 4.36. The SMILES string of the molecule is CC(C)(C)/[N+]([O-])=C/c1cc([N+](=O)[O-])ccc1SC1CCCC1. The number of thioether (sulfide) groups is 1. The first kappa shape index (κ1) is 16.8. The van der Waals surface area contributed by atoms with E-state index in [1.807, 2.05) is 20.8 Å². The third kappa shape index (κ3) is 4.22. The molecule has 0 heterocycles. The van der Waals surface area contributed by atoms with E-state index in [9.17, 15) is 15.3 Å². The van der Waals surface area contributed by atoms with Crippen LogP contribution in [0.5, 0.6) is 0 Å². The number of hydrogen-bond acceptors (Lipinski definition) is 4. The van der Waals surface area contributed by atoms with E-state index in [2.05, 4.69) is 0 Å². The summed E-state index contributed by atoms with van der Waals surface area (Å²) in [5.74, 6) is 0. The van der Waals surface area contributed by atoms with E-state index < -0.39 is 10.5 Å². The van der Waals surface area contributed by atoms with Crippen LogP contribution >= 0.6 is 11.8 Å². The molecule has 6 heteroatoms. The second-order valence-electron chi connectivity index (χ2n) is 6.63. The van der Waals surface area contributed by atoms with Gasteiger partial charge in [-0.15, -0.1) is 11.8 Å². The van der Waals surface area contributed by atoms with Gasteiger partial charge in [-0.3, -0.25) is 10.1 Å². The third-order valence-corrected chi connectivity index (χ3v) is 5.15. The van der Waals surface area contributed by atoms with Gasteiger partial charge in [-0.1, -0.05) is 12.8 Å². The standard InChI is InChI=1S/C16H22N2O3S/c1-16(2,3)17(19)11-12-10-13(18(20)21)8-9-15(12)22-14-6-4-5-7-14/h8-11,14H,4-7H2,1-3H3/b17-11-. The Morgan fingerprint density at radius 1 is 1.23 bits per heavy atom. The second kappa shape index (κ2) is 6.69. The van der Waals surface area contributed by atoms with Gasteiger partial charge in [0.05, 0.1) is 10.5 Å². The van der Waals surface area contributed by atoms with Crippen LogP contribution < -0.4 is 0 Å². The average molecular weight is 322 g/mol. The predicted molar refractivity (Wildman–Crippen MR) is 89.8 cm³/mol. The van der Waals surface area contributed by atoms with Gasteiger partial charge in [0.25, 0.3) is 5.69 Å². The van der Waals surface area contributed by atoms with Gasteiger partial charge in [0, 0.05) is 43.0 Å². The first-order chi connectivity index (χ1) is 10.3. The Balaban J connectivity index is 2.37. The summed E-state index contributed by atoms with van der Waals surface area (Å²) in [4.78, 5) is 11.5. The van der Waals surface area contributed by atoms with Gasteiger partial charge in [0.1, 0.15) is 0 Å². The summed E-state index contributed by atoms with van der Waals surface area (Å²) in [5.41, 5.74) is 0.0836. The molecule has 0 saturated heterocycles. The van der Waals surface area contributed by atoms with Gasteiger partial charge in [-0.2, -0.15) is 0 Å². The zero-order valence-corrected chi connectivity index (χ0v) is 14.1. The molecule has 120 valence electrons. The van der Waals surface area contributed by atoms with E-state index in [1.165, 1.54) is 44.0 Å². The van der Waals surface area contributed by atoms with E-state index in [0.29, 0.717) is 10.8 Å². The van der Waals surface area contributed by atoms with Gasteiger partial charge in [0.15, 0.2) is 11.8 Å². The molecule has 1 aromatic carbocycles. The van der Waals surface area contributed by atoms with Crippen molar-refractivity contribution >= 4 is 23.7 Å². The normalized spacial score (nSPS) is 17.0. The lowest BCUT2D eigenvalue weighted by atomic mass is 10.1. The molecule has 0 N–H and O–H groups in total. The number of rotatable bonds is 4. The van der Waals surface area contributed by atoms with E-state index in [-0.39, 0.29) is 5.69 Å². The monoisotopic (exact) mass is 322 g/mol. The molecule has 1 aliphatic rings. The molecule has 1 aromatic rings. The molecule has 1 aliphatic carbocycles. The van der Waals surface area contributed by atoms with Crippen molar-refractivity contribution in [1.29, 1.82) is 0 Å². The van der Waals surface area contributed by atoms with Crippen LogP contribution in [0.3, 0.4) is 0 Å². The molecule has 1 fully saturated rings. The summed E-state index contributed by atoms with van der Waals surface area (Å²) in [6.07, 6.45) is 6.28. The van der Waals surface area contributed by atoms with Crippen molar-refractivity contribution < 1.29 is 9.66 Å². The fourth-order valence-corrected chi connectivity index (χ4v) is 3.69. The molecular weight excluding hydrogens is 300 g/mol. The van der Waals surface area contributed by atoms with E-state index in [4.69, 9.17) is 0 Å². The van der Waals surface area contributed by atoms with E-state index in [0.717, 1.165) is 9.63 Å². The Hall–Kier alpha value is -1.56. The maximum Gasteiger partial charge on any atom is 0.270 e. The van der Waals surface area contributed by atoms with Crippen LogP contribution in [0.2, 0.25) is 0 Å². The van der Waals surface area contributed by atoms with Gasteiger partial charge in [0.2, 0.25) is 0 Å². The maximum absolute atomic E-state index is 12.2. The van der Waals surface area contributed by atoms with Crippen molar-refractivity contribution in [1.82, 2.24) is 0 Å². The molecule has 0 bridgehead atoms. The highest BCUT2D eigenvalue weighted by Crippen LogP contribution is 2.37. The minimum atomic E-state index is -0.570. The van der Waals surface area contributed by atoms with Crippen LogP contribution in [-0.2, 0) is 0 Å². The summed E-state index contributed by atoms with van der Waals surface area (Å²) < 4.78 is 0.866. The van der Waals surface area contributed by atoms with Gasteiger partial charge in [-0.25, -0.2) is 4.74 Å². The Morgan fingerprint density at radius 2 is 1.86 bits per heavy atom. The Labute approximate surface area is 135 Å². The highest BCUT2D eigenvalue weighted by atomic mass is 32.2. The highest BCUT2D eigenvalue weighted by Gasteiger charge is 2.22. The molecular formula is C16H22N2O3S. The lowest BCUT2D eigenvalue weighted by Crippen LogP contribution is -2.29. The van der Waals surface area contributed by atoms with Crippen molar-refractivity contribution in [3.8, 4) is 0 Å². The summed E-state index contributed by atoms with van der Waals surface area (Å²) in [6.45, 7) is 5.45. The van der Waals surface area contributed by atoms with Crippen molar-refractivity contribution in [2.45, 2.75) is 62.1 Å². The largest absolute Gasteiger partial charge is 0.623 e. The molecule has 0 aromatic heterocycles. The topological polar surface area (TPSA) is 69.2 Å². The van der Waals surface area contributed by atoms with E-state index in [1.54, 1.807) is 17.8 Å². The molecule has 0 radical (unpaired) electrons. The van der Waals surface area contributed by atoms with E-state index >= 15 is 0 Å². The van der Waals surface area contributed by atoms with Gasteiger partial charge >= 0.3 is 0 Å². The first-order valence-corrected chi connectivity index (χ1v) is 8.42. The quantitative estimate of drug-likeness (QED) is 0.271. The summed E-state index contributed by atoms with van der Waals surface area (Å²) >= 11 is 1.73. The minimum Gasteiger partial charge on any atom is -0.623 e. The number of nitro benzene ring substituents is 1. The fraction of sp³-hybridized carbons (Fsp3) is 0.562. The van der Waals surface area contributed by atoms with Gasteiger partial charge in [-0.05, 0) is 18.9 Å². The first-order valence-electron chi connectivity index (χ1n) is 7.54. The minimum absolute atomic E-state index is 0.0179. The number of nitrogens with zero attached hydrogens (tertiary/aromatic N) is 2. The molecule has 0 spiro atoms.